The Morgan fingerprint density at radius 1 is 1.60 bits per heavy atom. The van der Waals surface area contributed by atoms with Gasteiger partial charge in [-0.1, -0.05) is 0 Å². The Morgan fingerprint density at radius 2 is 2.27 bits per heavy atom. The van der Waals surface area contributed by atoms with E-state index in [1.165, 1.54) is 0 Å². The van der Waals surface area contributed by atoms with E-state index in [0.29, 0.717) is 6.61 Å². The van der Waals surface area contributed by atoms with Crippen LogP contribution >= 0.6 is 0 Å². The first kappa shape index (κ1) is 11.6. The van der Waals surface area contributed by atoms with Gasteiger partial charge in [0.2, 0.25) is 0 Å². The molecule has 0 fully saturated rings. The summed E-state index contributed by atoms with van der Waals surface area (Å²) in [4.78, 5) is 11.2. The molecule has 0 aromatic carbocycles. The van der Waals surface area contributed by atoms with Crippen LogP contribution < -0.4 is 5.32 Å². The highest BCUT2D eigenvalue weighted by Gasteiger charge is 2.15. The maximum atomic E-state index is 11.2. The first-order chi connectivity index (χ1) is 7.04. The second kappa shape index (κ2) is 4.87. The summed E-state index contributed by atoms with van der Waals surface area (Å²) in [5.74, 6) is 1.68. The summed E-state index contributed by atoms with van der Waals surface area (Å²) in [6.07, 6.45) is -0.400. The summed E-state index contributed by atoms with van der Waals surface area (Å²) in [7, 11) is 0. The van der Waals surface area contributed by atoms with Gasteiger partial charge in [0.1, 0.15) is 11.5 Å². The van der Waals surface area contributed by atoms with Crippen LogP contribution in [-0.2, 0) is 4.74 Å². The average molecular weight is 211 g/mol. The van der Waals surface area contributed by atoms with Crippen LogP contribution in [0.2, 0.25) is 0 Å². The predicted octanol–water partition coefficient (Wildman–Crippen LogP) is 2.70. The molecule has 1 amide bonds. The molecule has 0 aliphatic heterocycles. The fraction of sp³-hybridized carbons (Fsp3) is 0.545. The van der Waals surface area contributed by atoms with E-state index in [0.717, 1.165) is 17.1 Å². The lowest BCUT2D eigenvalue weighted by Crippen LogP contribution is -2.27. The Morgan fingerprint density at radius 3 is 2.73 bits per heavy atom. The van der Waals surface area contributed by atoms with Gasteiger partial charge in [0.25, 0.3) is 0 Å². The Hall–Kier alpha value is -1.45. The van der Waals surface area contributed by atoms with Crippen molar-refractivity contribution in [3.63, 3.8) is 0 Å². The molecule has 0 bridgehead atoms. The summed E-state index contributed by atoms with van der Waals surface area (Å²) in [5.41, 5.74) is 0.987. The smallest absolute Gasteiger partial charge is 0.407 e. The molecule has 15 heavy (non-hydrogen) atoms. The molecule has 0 spiro atoms. The molecule has 1 heterocycles. The maximum Gasteiger partial charge on any atom is 0.407 e. The van der Waals surface area contributed by atoms with Crippen molar-refractivity contribution in [2.24, 2.45) is 0 Å². The predicted molar refractivity (Wildman–Crippen MR) is 56.8 cm³/mol. The third-order valence-electron chi connectivity index (χ3n) is 2.16. The van der Waals surface area contributed by atoms with Gasteiger partial charge in [-0.25, -0.2) is 4.79 Å². The molecule has 0 saturated heterocycles. The molecule has 0 aliphatic rings. The Labute approximate surface area is 89.6 Å². The van der Waals surface area contributed by atoms with Gasteiger partial charge in [-0.15, -0.1) is 0 Å². The van der Waals surface area contributed by atoms with Crippen molar-refractivity contribution < 1.29 is 13.9 Å². The highest BCUT2D eigenvalue weighted by molar-refractivity contribution is 5.67. The molecule has 0 aliphatic carbocycles. The van der Waals surface area contributed by atoms with Crippen LogP contribution in [0.15, 0.2) is 10.5 Å². The first-order valence-electron chi connectivity index (χ1n) is 5.04. The van der Waals surface area contributed by atoms with Gasteiger partial charge in [0, 0.05) is 5.56 Å². The number of ether oxygens (including phenoxy) is 1. The summed E-state index contributed by atoms with van der Waals surface area (Å²) >= 11 is 0. The molecule has 0 radical (unpaired) electrons. The molecule has 1 aromatic rings. The molecule has 1 aromatic heterocycles. The fourth-order valence-corrected chi connectivity index (χ4v) is 1.51. The minimum Gasteiger partial charge on any atom is -0.466 e. The van der Waals surface area contributed by atoms with Crippen molar-refractivity contribution >= 4 is 6.09 Å². The average Bonchev–Trinajstić information content (AvgIpc) is 2.45. The van der Waals surface area contributed by atoms with Crippen LogP contribution in [0.25, 0.3) is 0 Å². The van der Waals surface area contributed by atoms with Crippen molar-refractivity contribution in [1.82, 2.24) is 5.32 Å². The van der Waals surface area contributed by atoms with Gasteiger partial charge in [-0.2, -0.15) is 0 Å². The normalized spacial score (nSPS) is 12.3. The third-order valence-corrected chi connectivity index (χ3v) is 2.16. The maximum absolute atomic E-state index is 11.2. The molecule has 84 valence electrons. The van der Waals surface area contributed by atoms with Gasteiger partial charge >= 0.3 is 6.09 Å². The van der Waals surface area contributed by atoms with Crippen LogP contribution in [0.3, 0.4) is 0 Å². The molecule has 4 nitrogen and oxygen atoms in total. The number of hydrogen-bond donors (Lipinski definition) is 1. The monoisotopic (exact) mass is 211 g/mol. The summed E-state index contributed by atoms with van der Waals surface area (Å²) in [6, 6.07) is 1.83. The molecular weight excluding hydrogens is 194 g/mol. The lowest BCUT2D eigenvalue weighted by molar-refractivity contribution is 0.149. The lowest BCUT2D eigenvalue weighted by atomic mass is 10.1. The Kier molecular flexibility index (Phi) is 3.77. The van der Waals surface area contributed by atoms with Gasteiger partial charge in [0.15, 0.2) is 0 Å². The van der Waals surface area contributed by atoms with E-state index in [1.807, 2.05) is 26.8 Å². The van der Waals surface area contributed by atoms with E-state index in [1.54, 1.807) is 6.92 Å². The molecular formula is C11H17NO3. The number of carbonyl (C=O) groups excluding carboxylic acids is 1. The fourth-order valence-electron chi connectivity index (χ4n) is 1.51. The number of furan rings is 1. The third kappa shape index (κ3) is 3.01. The summed E-state index contributed by atoms with van der Waals surface area (Å²) in [5, 5.41) is 2.73. The lowest BCUT2D eigenvalue weighted by Gasteiger charge is -2.12. The molecule has 1 rings (SSSR count). The topological polar surface area (TPSA) is 51.5 Å². The minimum absolute atomic E-state index is 0.0958. The van der Waals surface area contributed by atoms with Gasteiger partial charge < -0.3 is 14.5 Å². The Bertz CT molecular complexity index is 344. The van der Waals surface area contributed by atoms with E-state index in [-0.39, 0.29) is 6.04 Å². The second-order valence-electron chi connectivity index (χ2n) is 3.46. The molecule has 1 unspecified atom stereocenters. The highest BCUT2D eigenvalue weighted by atomic mass is 16.5. The van der Waals surface area contributed by atoms with Crippen molar-refractivity contribution in [3.8, 4) is 0 Å². The van der Waals surface area contributed by atoms with Crippen LogP contribution in [0.5, 0.6) is 0 Å². The van der Waals surface area contributed by atoms with Crippen molar-refractivity contribution in [1.29, 1.82) is 0 Å². The van der Waals surface area contributed by atoms with E-state index in [9.17, 15) is 4.79 Å². The second-order valence-corrected chi connectivity index (χ2v) is 3.46. The largest absolute Gasteiger partial charge is 0.466 e. The molecule has 1 N–H and O–H groups in total. The quantitative estimate of drug-likeness (QED) is 0.836. The number of amides is 1. The number of carbonyl (C=O) groups is 1. The summed E-state index contributed by atoms with van der Waals surface area (Å²) in [6.45, 7) is 7.81. The van der Waals surface area contributed by atoms with Crippen LogP contribution in [0.4, 0.5) is 4.79 Å². The van der Waals surface area contributed by atoms with Crippen molar-refractivity contribution in [2.75, 3.05) is 6.61 Å². The zero-order valence-electron chi connectivity index (χ0n) is 9.59. The van der Waals surface area contributed by atoms with E-state index < -0.39 is 6.09 Å². The zero-order chi connectivity index (χ0) is 11.4. The summed E-state index contributed by atoms with van der Waals surface area (Å²) < 4.78 is 10.2. The van der Waals surface area contributed by atoms with E-state index in [4.69, 9.17) is 9.15 Å². The number of aryl methyl sites for hydroxylation is 2. The Balaban J connectivity index is 2.64. The standard InChI is InChI=1S/C11H17NO3/c1-5-14-11(13)12-8(3)10-6-7(2)15-9(10)4/h6,8H,5H2,1-4H3,(H,12,13). The van der Waals surface area contributed by atoms with Crippen molar-refractivity contribution in [2.45, 2.75) is 33.7 Å². The number of nitrogens with one attached hydrogen (secondary N) is 1. The molecule has 1 atom stereocenters. The molecule has 0 saturated carbocycles. The van der Waals surface area contributed by atoms with Crippen LogP contribution in [0, 0.1) is 13.8 Å². The highest BCUT2D eigenvalue weighted by Crippen LogP contribution is 2.20. The minimum atomic E-state index is -0.400. The van der Waals surface area contributed by atoms with Crippen molar-refractivity contribution in [3.05, 3.63) is 23.2 Å². The van der Waals surface area contributed by atoms with Crippen LogP contribution in [-0.4, -0.2) is 12.7 Å². The number of alkyl carbamates (subject to hydrolysis) is 1. The SMILES string of the molecule is CCOC(=O)NC(C)c1cc(C)oc1C. The first-order valence-corrected chi connectivity index (χ1v) is 5.04. The van der Waals surface area contributed by atoms with E-state index in [2.05, 4.69) is 5.32 Å². The van der Waals surface area contributed by atoms with Gasteiger partial charge in [0.05, 0.1) is 12.6 Å². The van der Waals surface area contributed by atoms with Gasteiger partial charge in [-0.3, -0.25) is 0 Å². The van der Waals surface area contributed by atoms with Crippen LogP contribution in [0.1, 0.15) is 37.0 Å². The zero-order valence-corrected chi connectivity index (χ0v) is 9.59. The number of hydrogen-bond acceptors (Lipinski definition) is 3. The van der Waals surface area contributed by atoms with E-state index >= 15 is 0 Å². The van der Waals surface area contributed by atoms with Gasteiger partial charge in [-0.05, 0) is 33.8 Å². The molecule has 4 heteroatoms. The number of rotatable bonds is 3.